The summed E-state index contributed by atoms with van der Waals surface area (Å²) in [4.78, 5) is 0. The topological polar surface area (TPSA) is 0 Å². The molecule has 2 aliphatic rings. The Morgan fingerprint density at radius 2 is 0.857 bits per heavy atom. The van der Waals surface area contributed by atoms with Gasteiger partial charge in [-0.15, -0.1) is 0 Å². The second-order valence-electron chi connectivity index (χ2n) is 6.82. The van der Waals surface area contributed by atoms with Crippen molar-refractivity contribution in [2.75, 3.05) is 0 Å². The van der Waals surface area contributed by atoms with E-state index in [1.165, 1.54) is 0 Å². The first-order valence-corrected chi connectivity index (χ1v) is 7.88. The summed E-state index contributed by atoms with van der Waals surface area (Å²) in [5, 5.41) is 0. The zero-order chi connectivity index (χ0) is 14.9. The van der Waals surface area contributed by atoms with Crippen LogP contribution in [0.2, 0.25) is 0 Å². The van der Waals surface area contributed by atoms with E-state index >= 15 is 0 Å². The van der Waals surface area contributed by atoms with Crippen LogP contribution in [-0.2, 0) is 65.4 Å². The Balaban J connectivity index is 0. The number of hydrogen-bond donors (Lipinski definition) is 0. The van der Waals surface area contributed by atoms with Crippen molar-refractivity contribution in [3.63, 3.8) is 0 Å². The van der Waals surface area contributed by atoms with Gasteiger partial charge in [-0.05, 0) is 68.4 Å². The molecule has 0 saturated heterocycles. The number of hydrogen-bond acceptors (Lipinski definition) is 0. The van der Waals surface area contributed by atoms with Gasteiger partial charge >= 0.3 is 0 Å². The van der Waals surface area contributed by atoms with Gasteiger partial charge in [-0.3, -0.25) is 0 Å². The molecule has 0 nitrogen and oxygen atoms in total. The molecule has 0 amide bonds. The summed E-state index contributed by atoms with van der Waals surface area (Å²) in [6.07, 6.45) is 2.00. The van der Waals surface area contributed by atoms with Gasteiger partial charge in [-0.25, -0.2) is 0 Å². The average Bonchev–Trinajstić information content (AvgIpc) is 2.59. The Hall–Kier alpha value is 1.69. The van der Waals surface area contributed by atoms with Gasteiger partial charge in [0.1, 0.15) is 0 Å². The van der Waals surface area contributed by atoms with Gasteiger partial charge in [0.05, 0.1) is 0 Å². The smallest absolute Gasteiger partial charge is 0 e. The molecule has 0 aliphatic heterocycles. The standard InChI is InChI=1S/C16H26.C3H7.2Y/c1-8-9(2)12(5)16-14(7)10(3)13(6)15(16)11(8)4;1-3-2;;/h10,13-16H,1-7H3;3H,1-2H3;;/q;-1;;. The van der Waals surface area contributed by atoms with Crippen molar-refractivity contribution in [3.8, 4) is 0 Å². The fraction of sp³-hybridized carbons (Fsp3) is 0.737. The van der Waals surface area contributed by atoms with E-state index in [9.17, 15) is 0 Å². The molecular formula is C19H33Y2-. The van der Waals surface area contributed by atoms with Crippen LogP contribution in [0.25, 0.3) is 0 Å². The van der Waals surface area contributed by atoms with Crippen LogP contribution in [0.15, 0.2) is 22.3 Å². The van der Waals surface area contributed by atoms with Gasteiger partial charge in [0.25, 0.3) is 0 Å². The van der Waals surface area contributed by atoms with E-state index in [2.05, 4.69) is 48.5 Å². The molecule has 1 fully saturated rings. The van der Waals surface area contributed by atoms with E-state index in [4.69, 9.17) is 0 Å². The molecule has 21 heavy (non-hydrogen) atoms. The molecule has 4 atom stereocenters. The maximum atomic E-state index is 2.45. The monoisotopic (exact) mass is 439 g/mol. The minimum Gasteiger partial charge on any atom is -0.335 e. The largest absolute Gasteiger partial charge is 0.335 e. The Bertz CT molecular complexity index is 356. The third-order valence-corrected chi connectivity index (χ3v) is 5.92. The average molecular weight is 439 g/mol. The summed E-state index contributed by atoms with van der Waals surface area (Å²) in [6.45, 7) is 20.7. The van der Waals surface area contributed by atoms with Crippen molar-refractivity contribution in [1.82, 2.24) is 0 Å². The first-order chi connectivity index (χ1) is 8.79. The van der Waals surface area contributed by atoms with Gasteiger partial charge in [0.15, 0.2) is 0 Å². The molecule has 0 N–H and O–H groups in total. The Labute approximate surface area is 184 Å². The van der Waals surface area contributed by atoms with Crippen LogP contribution in [0.4, 0.5) is 0 Å². The van der Waals surface area contributed by atoms with Crippen LogP contribution in [0.3, 0.4) is 0 Å². The van der Waals surface area contributed by atoms with E-state index in [-0.39, 0.29) is 65.4 Å². The van der Waals surface area contributed by atoms with Gasteiger partial charge in [0.2, 0.25) is 0 Å². The van der Waals surface area contributed by atoms with Crippen LogP contribution >= 0.6 is 0 Å². The third kappa shape index (κ3) is 4.84. The van der Waals surface area contributed by atoms with Crippen LogP contribution in [0.1, 0.15) is 62.3 Å². The fourth-order valence-corrected chi connectivity index (χ4v) is 4.21. The molecule has 2 aliphatic carbocycles. The molecule has 0 spiro atoms. The molecule has 2 heteroatoms. The predicted octanol–water partition coefficient (Wildman–Crippen LogP) is 6.05. The van der Waals surface area contributed by atoms with Crippen LogP contribution in [-0.4, -0.2) is 0 Å². The van der Waals surface area contributed by atoms with Gasteiger partial charge in [-0.1, -0.05) is 31.9 Å². The van der Waals surface area contributed by atoms with Crippen molar-refractivity contribution in [2.24, 2.45) is 29.6 Å². The Morgan fingerprint density at radius 3 is 1.10 bits per heavy atom. The molecule has 0 aromatic heterocycles. The van der Waals surface area contributed by atoms with Crippen molar-refractivity contribution in [3.05, 3.63) is 28.7 Å². The first-order valence-electron chi connectivity index (χ1n) is 7.88. The number of fused-ring (bicyclic) bond motifs is 1. The summed E-state index contributed by atoms with van der Waals surface area (Å²) in [5.74, 6) is 4.18. The SMILES string of the molecule is CC1=C(C)C2C(C)C(C)C(C)C2C(C)=C1C.C[CH-]C.[Y].[Y]. The molecule has 4 unspecified atom stereocenters. The molecule has 1 saturated carbocycles. The minimum absolute atomic E-state index is 0. The van der Waals surface area contributed by atoms with Crippen molar-refractivity contribution < 1.29 is 65.4 Å². The second kappa shape index (κ2) is 10.5. The van der Waals surface area contributed by atoms with Crippen LogP contribution in [0, 0.1) is 36.0 Å². The number of allylic oxidation sites excluding steroid dienone is 4. The molecular weight excluding hydrogens is 406 g/mol. The Morgan fingerprint density at radius 1 is 0.619 bits per heavy atom. The summed E-state index contributed by atoms with van der Waals surface area (Å²) in [7, 11) is 0. The third-order valence-electron chi connectivity index (χ3n) is 5.92. The van der Waals surface area contributed by atoms with Crippen molar-refractivity contribution in [2.45, 2.75) is 62.3 Å². The Kier molecular flexibility index (Phi) is 12.5. The van der Waals surface area contributed by atoms with Crippen LogP contribution < -0.4 is 0 Å². The molecule has 0 aromatic carbocycles. The second-order valence-corrected chi connectivity index (χ2v) is 6.82. The van der Waals surface area contributed by atoms with Gasteiger partial charge in [0, 0.05) is 65.4 Å². The van der Waals surface area contributed by atoms with Crippen molar-refractivity contribution in [1.29, 1.82) is 0 Å². The fourth-order valence-electron chi connectivity index (χ4n) is 4.21. The first kappa shape index (κ1) is 24.9. The maximum absolute atomic E-state index is 2.45. The zero-order valence-corrected chi connectivity index (χ0v) is 21.3. The van der Waals surface area contributed by atoms with E-state index in [0.29, 0.717) is 0 Å². The van der Waals surface area contributed by atoms with E-state index in [0.717, 1.165) is 29.6 Å². The molecule has 2 rings (SSSR count). The van der Waals surface area contributed by atoms with Gasteiger partial charge < -0.3 is 6.42 Å². The predicted molar refractivity (Wildman–Crippen MR) is 86.9 cm³/mol. The molecule has 0 aromatic rings. The summed E-state index contributed by atoms with van der Waals surface area (Å²) < 4.78 is 0. The molecule has 0 heterocycles. The molecule has 0 bridgehead atoms. The van der Waals surface area contributed by atoms with Crippen LogP contribution in [0.5, 0.6) is 0 Å². The molecule has 116 valence electrons. The molecule has 2 radical (unpaired) electrons. The maximum Gasteiger partial charge on any atom is 0 e. The van der Waals surface area contributed by atoms with Gasteiger partial charge in [-0.2, -0.15) is 13.8 Å². The van der Waals surface area contributed by atoms with E-state index in [1.54, 1.807) is 22.3 Å². The number of rotatable bonds is 0. The minimum atomic E-state index is 0. The summed E-state index contributed by atoms with van der Waals surface area (Å²) >= 11 is 0. The summed E-state index contributed by atoms with van der Waals surface area (Å²) in [6, 6.07) is 0. The van der Waals surface area contributed by atoms with Crippen molar-refractivity contribution >= 4 is 0 Å². The summed E-state index contributed by atoms with van der Waals surface area (Å²) in [5.41, 5.74) is 6.45. The quantitative estimate of drug-likeness (QED) is 0.403. The van der Waals surface area contributed by atoms with E-state index < -0.39 is 0 Å². The zero-order valence-electron chi connectivity index (χ0n) is 15.6. The normalized spacial score (nSPS) is 34.4. The van der Waals surface area contributed by atoms with E-state index in [1.807, 2.05) is 20.3 Å².